The minimum Gasteiger partial charge on any atom is -0.509 e. The van der Waals surface area contributed by atoms with Crippen LogP contribution in [0, 0.1) is 12.3 Å². The normalized spacial score (nSPS) is 14.8. The smallest absolute Gasteiger partial charge is 0.148 e. The molecule has 0 fully saturated rings. The van der Waals surface area contributed by atoms with Crippen LogP contribution >= 0.6 is 11.6 Å². The van der Waals surface area contributed by atoms with Gasteiger partial charge in [-0.3, -0.25) is 5.41 Å². The van der Waals surface area contributed by atoms with Gasteiger partial charge in [0.15, 0.2) is 0 Å². The number of amidine groups is 1. The predicted molar refractivity (Wildman–Crippen MR) is 102 cm³/mol. The summed E-state index contributed by atoms with van der Waals surface area (Å²) in [7, 11) is 1.90. The SMILES string of the molecule is Cc1cc(Cl)ccc1N1CC(O)=C(c2nc3ccccc3n2C)C1=N. The summed E-state index contributed by atoms with van der Waals surface area (Å²) in [6.07, 6.45) is 0. The minimum atomic E-state index is 0.151. The van der Waals surface area contributed by atoms with Crippen LogP contribution in [-0.2, 0) is 7.05 Å². The topological polar surface area (TPSA) is 65.1 Å². The summed E-state index contributed by atoms with van der Waals surface area (Å²) in [6.45, 7) is 2.19. The Labute approximate surface area is 150 Å². The van der Waals surface area contributed by atoms with Gasteiger partial charge in [-0.05, 0) is 42.8 Å². The molecule has 0 aliphatic carbocycles. The van der Waals surface area contributed by atoms with E-state index in [2.05, 4.69) is 4.98 Å². The highest BCUT2D eigenvalue weighted by Crippen LogP contribution is 2.34. The van der Waals surface area contributed by atoms with E-state index in [0.29, 0.717) is 16.4 Å². The first-order chi connectivity index (χ1) is 12.0. The zero-order valence-corrected chi connectivity index (χ0v) is 14.7. The molecule has 2 N–H and O–H groups in total. The van der Waals surface area contributed by atoms with E-state index >= 15 is 0 Å². The van der Waals surface area contributed by atoms with E-state index in [4.69, 9.17) is 17.0 Å². The van der Waals surface area contributed by atoms with Crippen molar-refractivity contribution in [3.8, 4) is 0 Å². The van der Waals surface area contributed by atoms with Crippen molar-refractivity contribution in [3.05, 3.63) is 64.6 Å². The zero-order valence-electron chi connectivity index (χ0n) is 13.9. The zero-order chi connectivity index (χ0) is 17.7. The summed E-state index contributed by atoms with van der Waals surface area (Å²) < 4.78 is 1.91. The van der Waals surface area contributed by atoms with E-state index < -0.39 is 0 Å². The number of aryl methyl sites for hydroxylation is 2. The molecule has 25 heavy (non-hydrogen) atoms. The summed E-state index contributed by atoms with van der Waals surface area (Å²) in [5, 5.41) is 19.8. The molecule has 1 aliphatic heterocycles. The predicted octanol–water partition coefficient (Wildman–Crippen LogP) is 4.30. The highest BCUT2D eigenvalue weighted by atomic mass is 35.5. The number of anilines is 1. The average molecular weight is 353 g/mol. The second-order valence-corrected chi connectivity index (χ2v) is 6.61. The number of halogens is 1. The minimum absolute atomic E-state index is 0.151. The van der Waals surface area contributed by atoms with E-state index in [1.165, 1.54) is 0 Å². The lowest BCUT2D eigenvalue weighted by molar-refractivity contribution is 0.411. The number of nitrogens with zero attached hydrogens (tertiary/aromatic N) is 3. The highest BCUT2D eigenvalue weighted by molar-refractivity contribution is 6.32. The van der Waals surface area contributed by atoms with Crippen LogP contribution in [0.3, 0.4) is 0 Å². The maximum atomic E-state index is 10.6. The standard InChI is InChI=1S/C19H17ClN4O/c1-11-9-12(20)7-8-14(11)24-10-16(25)17(18(24)21)19-22-13-5-3-4-6-15(13)23(19)2/h3-9,21,25H,10H2,1-2H3. The molecule has 2 heterocycles. The number of imidazole rings is 1. The van der Waals surface area contributed by atoms with Gasteiger partial charge in [-0.15, -0.1) is 0 Å². The fourth-order valence-electron chi connectivity index (χ4n) is 3.31. The molecule has 0 spiro atoms. The maximum Gasteiger partial charge on any atom is 0.148 e. The van der Waals surface area contributed by atoms with Crippen molar-refractivity contribution in [1.82, 2.24) is 9.55 Å². The van der Waals surface area contributed by atoms with E-state index in [9.17, 15) is 5.11 Å². The molecule has 1 aliphatic rings. The molecule has 0 atom stereocenters. The van der Waals surface area contributed by atoms with Crippen molar-refractivity contribution in [2.75, 3.05) is 11.4 Å². The first-order valence-corrected chi connectivity index (χ1v) is 8.31. The lowest BCUT2D eigenvalue weighted by Crippen LogP contribution is -2.27. The van der Waals surface area contributed by atoms with Crippen molar-refractivity contribution >= 4 is 39.7 Å². The molecule has 1 aromatic heterocycles. The first kappa shape index (κ1) is 15.7. The van der Waals surface area contributed by atoms with Gasteiger partial charge in [0.05, 0.1) is 23.2 Å². The van der Waals surface area contributed by atoms with Gasteiger partial charge in [0.2, 0.25) is 0 Å². The number of hydrogen-bond donors (Lipinski definition) is 2. The number of benzene rings is 2. The quantitative estimate of drug-likeness (QED) is 0.722. The third-order valence-corrected chi connectivity index (χ3v) is 4.80. The number of aliphatic hydroxyl groups is 1. The van der Waals surface area contributed by atoms with Gasteiger partial charge in [-0.25, -0.2) is 4.98 Å². The summed E-state index contributed by atoms with van der Waals surface area (Å²) in [6, 6.07) is 13.3. The van der Waals surface area contributed by atoms with Crippen LogP contribution < -0.4 is 4.90 Å². The number of aromatic nitrogens is 2. The largest absolute Gasteiger partial charge is 0.509 e. The fraction of sp³-hybridized carbons (Fsp3) is 0.158. The molecule has 6 heteroatoms. The Bertz CT molecular complexity index is 1050. The summed E-state index contributed by atoms with van der Waals surface area (Å²) in [5.41, 5.74) is 4.08. The van der Waals surface area contributed by atoms with Crippen molar-refractivity contribution in [1.29, 1.82) is 5.41 Å². The number of hydrogen-bond acceptors (Lipinski definition) is 3. The molecule has 2 aromatic carbocycles. The Morgan fingerprint density at radius 1 is 1.20 bits per heavy atom. The monoisotopic (exact) mass is 352 g/mol. The maximum absolute atomic E-state index is 10.6. The van der Waals surface area contributed by atoms with Gasteiger partial charge in [0, 0.05) is 17.8 Å². The Hall–Kier alpha value is -2.79. The summed E-state index contributed by atoms with van der Waals surface area (Å²) in [4.78, 5) is 6.39. The fourth-order valence-corrected chi connectivity index (χ4v) is 3.54. The highest BCUT2D eigenvalue weighted by Gasteiger charge is 2.32. The molecule has 0 amide bonds. The van der Waals surface area contributed by atoms with Crippen molar-refractivity contribution in [2.24, 2.45) is 7.05 Å². The van der Waals surface area contributed by atoms with Gasteiger partial charge in [0.25, 0.3) is 0 Å². The van der Waals surface area contributed by atoms with Crippen LogP contribution in [0.1, 0.15) is 11.4 Å². The molecule has 0 saturated heterocycles. The molecule has 0 bridgehead atoms. The van der Waals surface area contributed by atoms with E-state index in [1.807, 2.05) is 54.9 Å². The van der Waals surface area contributed by atoms with Gasteiger partial charge in [0.1, 0.15) is 17.4 Å². The number of nitrogens with one attached hydrogen (secondary N) is 1. The number of aliphatic hydroxyl groups excluding tert-OH is 1. The molecule has 4 rings (SSSR count). The van der Waals surface area contributed by atoms with Gasteiger partial charge < -0.3 is 14.6 Å². The molecule has 126 valence electrons. The van der Waals surface area contributed by atoms with Crippen LogP contribution in [0.4, 0.5) is 5.69 Å². The van der Waals surface area contributed by atoms with Crippen molar-refractivity contribution in [3.63, 3.8) is 0 Å². The molecule has 0 radical (unpaired) electrons. The lowest BCUT2D eigenvalue weighted by Gasteiger charge is -2.21. The molecule has 0 saturated carbocycles. The van der Waals surface area contributed by atoms with Crippen LogP contribution in [0.2, 0.25) is 5.02 Å². The van der Waals surface area contributed by atoms with Crippen LogP contribution in [0.25, 0.3) is 16.6 Å². The summed E-state index contributed by atoms with van der Waals surface area (Å²) in [5.74, 6) is 0.983. The average Bonchev–Trinajstić information content (AvgIpc) is 3.05. The molecule has 3 aromatic rings. The first-order valence-electron chi connectivity index (χ1n) is 7.94. The van der Waals surface area contributed by atoms with E-state index in [0.717, 1.165) is 22.3 Å². The summed E-state index contributed by atoms with van der Waals surface area (Å²) >= 11 is 6.03. The van der Waals surface area contributed by atoms with Gasteiger partial charge in [-0.1, -0.05) is 23.7 Å². The van der Waals surface area contributed by atoms with Crippen LogP contribution in [0.15, 0.2) is 48.2 Å². The Morgan fingerprint density at radius 2 is 1.96 bits per heavy atom. The number of para-hydroxylation sites is 2. The van der Waals surface area contributed by atoms with Gasteiger partial charge in [-0.2, -0.15) is 0 Å². The molecular weight excluding hydrogens is 336 g/mol. The van der Waals surface area contributed by atoms with Gasteiger partial charge >= 0.3 is 0 Å². The van der Waals surface area contributed by atoms with E-state index in [1.54, 1.807) is 11.0 Å². The second kappa shape index (κ2) is 5.63. The van der Waals surface area contributed by atoms with Crippen LogP contribution in [-0.4, -0.2) is 27.0 Å². The molecule has 0 unspecified atom stereocenters. The van der Waals surface area contributed by atoms with Crippen molar-refractivity contribution < 1.29 is 5.11 Å². The third-order valence-electron chi connectivity index (χ3n) is 4.56. The second-order valence-electron chi connectivity index (χ2n) is 6.17. The van der Waals surface area contributed by atoms with Crippen LogP contribution in [0.5, 0.6) is 0 Å². The Morgan fingerprint density at radius 3 is 2.68 bits per heavy atom. The lowest BCUT2D eigenvalue weighted by atomic mass is 10.1. The Kier molecular flexibility index (Phi) is 3.54. The number of rotatable bonds is 2. The molecule has 5 nitrogen and oxygen atoms in total. The van der Waals surface area contributed by atoms with E-state index in [-0.39, 0.29) is 18.1 Å². The van der Waals surface area contributed by atoms with Crippen molar-refractivity contribution in [2.45, 2.75) is 6.92 Å². The number of fused-ring (bicyclic) bond motifs is 1. The molecular formula is C19H17ClN4O. The Balaban J connectivity index is 1.79. The third kappa shape index (κ3) is 2.39.